The second-order valence-corrected chi connectivity index (χ2v) is 6.34. The van der Waals surface area contributed by atoms with Crippen LogP contribution in [0.1, 0.15) is 43.7 Å². The average molecular weight is 304 g/mol. The Morgan fingerprint density at radius 2 is 2.00 bits per heavy atom. The first-order valence-electron chi connectivity index (χ1n) is 8.57. The van der Waals surface area contributed by atoms with Crippen molar-refractivity contribution < 1.29 is 9.47 Å². The second kappa shape index (κ2) is 7.95. The van der Waals surface area contributed by atoms with E-state index in [-0.39, 0.29) is 0 Å². The quantitative estimate of drug-likeness (QED) is 0.848. The van der Waals surface area contributed by atoms with E-state index in [4.69, 9.17) is 9.47 Å². The van der Waals surface area contributed by atoms with Crippen molar-refractivity contribution in [2.24, 2.45) is 0 Å². The van der Waals surface area contributed by atoms with E-state index >= 15 is 0 Å². The zero-order valence-corrected chi connectivity index (χ0v) is 13.6. The Balaban J connectivity index is 1.80. The minimum atomic E-state index is 0.306. The Kier molecular flexibility index (Phi) is 5.70. The molecule has 2 aliphatic rings. The van der Waals surface area contributed by atoms with Crippen LogP contribution in [-0.4, -0.2) is 44.5 Å². The predicted octanol–water partition coefficient (Wildman–Crippen LogP) is 2.95. The fraction of sp³-hybridized carbons (Fsp3) is 0.667. The van der Waals surface area contributed by atoms with Crippen LogP contribution in [-0.2, 0) is 4.74 Å². The molecule has 4 heteroatoms. The third-order valence-corrected chi connectivity index (χ3v) is 4.94. The summed E-state index contributed by atoms with van der Waals surface area (Å²) in [7, 11) is 1.67. The van der Waals surface area contributed by atoms with Gasteiger partial charge in [-0.25, -0.2) is 0 Å². The Labute approximate surface area is 133 Å². The summed E-state index contributed by atoms with van der Waals surface area (Å²) in [6.45, 7) is 3.53. The molecular weight excluding hydrogens is 276 g/mol. The first kappa shape index (κ1) is 15.8. The average Bonchev–Trinajstić information content (AvgIpc) is 2.61. The van der Waals surface area contributed by atoms with Crippen molar-refractivity contribution in [1.29, 1.82) is 0 Å². The SMILES string of the molecule is COCOc1ccccc1C1CNCCN1C1CCCCC1. The van der Waals surface area contributed by atoms with E-state index in [2.05, 4.69) is 28.4 Å². The van der Waals surface area contributed by atoms with Gasteiger partial charge in [-0.1, -0.05) is 37.5 Å². The minimum absolute atomic E-state index is 0.306. The highest BCUT2D eigenvalue weighted by Gasteiger charge is 2.32. The van der Waals surface area contributed by atoms with E-state index in [1.54, 1.807) is 7.11 Å². The van der Waals surface area contributed by atoms with Gasteiger partial charge in [0.25, 0.3) is 0 Å². The van der Waals surface area contributed by atoms with Gasteiger partial charge in [0.15, 0.2) is 6.79 Å². The maximum atomic E-state index is 5.80. The van der Waals surface area contributed by atoms with Crippen molar-refractivity contribution in [3.63, 3.8) is 0 Å². The van der Waals surface area contributed by atoms with Crippen molar-refractivity contribution in [3.05, 3.63) is 29.8 Å². The smallest absolute Gasteiger partial charge is 0.188 e. The molecule has 1 N–H and O–H groups in total. The molecule has 0 amide bonds. The van der Waals surface area contributed by atoms with Crippen molar-refractivity contribution in [2.75, 3.05) is 33.5 Å². The molecule has 1 aromatic rings. The van der Waals surface area contributed by atoms with Crippen molar-refractivity contribution >= 4 is 0 Å². The van der Waals surface area contributed by atoms with Crippen LogP contribution in [0.25, 0.3) is 0 Å². The molecule has 4 nitrogen and oxygen atoms in total. The molecule has 1 heterocycles. The summed E-state index contributed by atoms with van der Waals surface area (Å²) < 4.78 is 10.9. The van der Waals surface area contributed by atoms with Crippen LogP contribution >= 0.6 is 0 Å². The number of hydrogen-bond donors (Lipinski definition) is 1. The van der Waals surface area contributed by atoms with Gasteiger partial charge < -0.3 is 14.8 Å². The Morgan fingerprint density at radius 3 is 2.82 bits per heavy atom. The van der Waals surface area contributed by atoms with Crippen molar-refractivity contribution in [1.82, 2.24) is 10.2 Å². The Bertz CT molecular complexity index is 460. The van der Waals surface area contributed by atoms with Crippen LogP contribution < -0.4 is 10.1 Å². The van der Waals surface area contributed by atoms with E-state index in [0.29, 0.717) is 12.8 Å². The molecule has 0 spiro atoms. The van der Waals surface area contributed by atoms with E-state index in [1.165, 1.54) is 37.7 Å². The highest BCUT2D eigenvalue weighted by Crippen LogP contribution is 2.35. The van der Waals surface area contributed by atoms with Gasteiger partial charge in [-0.05, 0) is 18.9 Å². The lowest BCUT2D eigenvalue weighted by molar-refractivity contribution is 0.0449. The number of para-hydroxylation sites is 1. The summed E-state index contributed by atoms with van der Waals surface area (Å²) in [4.78, 5) is 2.71. The topological polar surface area (TPSA) is 33.7 Å². The first-order chi connectivity index (χ1) is 10.9. The van der Waals surface area contributed by atoms with Crippen LogP contribution in [0.4, 0.5) is 0 Å². The number of piperazine rings is 1. The molecule has 0 radical (unpaired) electrons. The zero-order valence-electron chi connectivity index (χ0n) is 13.6. The van der Waals surface area contributed by atoms with Gasteiger partial charge in [0.1, 0.15) is 5.75 Å². The molecule has 1 saturated heterocycles. The van der Waals surface area contributed by atoms with Crippen molar-refractivity contribution in [2.45, 2.75) is 44.2 Å². The third kappa shape index (κ3) is 3.62. The molecular formula is C18H28N2O2. The molecule has 0 bridgehead atoms. The molecule has 3 rings (SSSR count). The van der Waals surface area contributed by atoms with Crippen LogP contribution in [0.5, 0.6) is 5.75 Å². The van der Waals surface area contributed by atoms with Gasteiger partial charge in [0.2, 0.25) is 0 Å². The maximum Gasteiger partial charge on any atom is 0.188 e. The first-order valence-corrected chi connectivity index (χ1v) is 8.57. The second-order valence-electron chi connectivity index (χ2n) is 6.34. The van der Waals surface area contributed by atoms with Crippen LogP contribution in [0.15, 0.2) is 24.3 Å². The van der Waals surface area contributed by atoms with E-state index in [9.17, 15) is 0 Å². The molecule has 1 aliphatic heterocycles. The highest BCUT2D eigenvalue weighted by molar-refractivity contribution is 5.36. The summed E-state index contributed by atoms with van der Waals surface area (Å²) in [6.07, 6.45) is 6.85. The van der Waals surface area contributed by atoms with Crippen LogP contribution in [0, 0.1) is 0 Å². The monoisotopic (exact) mass is 304 g/mol. The molecule has 2 fully saturated rings. The van der Waals surface area contributed by atoms with Gasteiger partial charge in [-0.3, -0.25) is 4.90 Å². The van der Waals surface area contributed by atoms with Gasteiger partial charge in [-0.2, -0.15) is 0 Å². The minimum Gasteiger partial charge on any atom is -0.467 e. The van der Waals surface area contributed by atoms with Crippen LogP contribution in [0.3, 0.4) is 0 Å². The van der Waals surface area contributed by atoms with Crippen molar-refractivity contribution in [3.8, 4) is 5.75 Å². The molecule has 0 aromatic heterocycles. The highest BCUT2D eigenvalue weighted by atomic mass is 16.7. The number of nitrogens with one attached hydrogen (secondary N) is 1. The molecule has 1 saturated carbocycles. The number of rotatable bonds is 5. The molecule has 122 valence electrons. The molecule has 22 heavy (non-hydrogen) atoms. The summed E-state index contributed by atoms with van der Waals surface area (Å²) in [5.74, 6) is 0.957. The largest absolute Gasteiger partial charge is 0.467 e. The fourth-order valence-corrected chi connectivity index (χ4v) is 3.87. The normalized spacial score (nSPS) is 24.3. The van der Waals surface area contributed by atoms with Crippen LogP contribution in [0.2, 0.25) is 0 Å². The predicted molar refractivity (Wildman–Crippen MR) is 88.1 cm³/mol. The molecule has 1 aromatic carbocycles. The van der Waals surface area contributed by atoms with E-state index < -0.39 is 0 Å². The van der Waals surface area contributed by atoms with E-state index in [1.807, 2.05) is 6.07 Å². The summed E-state index contributed by atoms with van der Waals surface area (Å²) in [5.41, 5.74) is 1.29. The van der Waals surface area contributed by atoms with Gasteiger partial charge in [-0.15, -0.1) is 0 Å². The lowest BCUT2D eigenvalue weighted by Gasteiger charge is -2.43. The number of nitrogens with zero attached hydrogens (tertiary/aromatic N) is 1. The Morgan fingerprint density at radius 1 is 1.18 bits per heavy atom. The number of hydrogen-bond acceptors (Lipinski definition) is 4. The molecule has 1 aliphatic carbocycles. The third-order valence-electron chi connectivity index (χ3n) is 4.94. The molecule has 1 atom stereocenters. The fourth-order valence-electron chi connectivity index (χ4n) is 3.87. The standard InChI is InChI=1S/C18H28N2O2/c1-21-14-22-18-10-6-5-9-16(18)17-13-19-11-12-20(17)15-7-3-2-4-8-15/h5-6,9-10,15,17,19H,2-4,7-8,11-14H2,1H3. The van der Waals surface area contributed by atoms with Gasteiger partial charge in [0.05, 0.1) is 6.04 Å². The number of methoxy groups -OCH3 is 1. The summed E-state index contributed by atoms with van der Waals surface area (Å²) in [5, 5.41) is 3.56. The maximum absolute atomic E-state index is 5.80. The zero-order chi connectivity index (χ0) is 15.2. The summed E-state index contributed by atoms with van der Waals surface area (Å²) in [6, 6.07) is 9.56. The number of ether oxygens (including phenoxy) is 2. The summed E-state index contributed by atoms with van der Waals surface area (Å²) >= 11 is 0. The molecule has 1 unspecified atom stereocenters. The lowest BCUT2D eigenvalue weighted by atomic mass is 9.91. The van der Waals surface area contributed by atoms with Gasteiger partial charge in [0, 0.05) is 38.3 Å². The Hall–Kier alpha value is -1.10. The number of benzene rings is 1. The van der Waals surface area contributed by atoms with E-state index in [0.717, 1.165) is 31.4 Å². The lowest BCUT2D eigenvalue weighted by Crippen LogP contribution is -2.51. The van der Waals surface area contributed by atoms with Gasteiger partial charge >= 0.3 is 0 Å².